The van der Waals surface area contributed by atoms with Gasteiger partial charge in [0.15, 0.2) is 0 Å². The quantitative estimate of drug-likeness (QED) is 0.251. The highest BCUT2D eigenvalue weighted by atomic mass is 127. The van der Waals surface area contributed by atoms with Crippen molar-refractivity contribution in [2.24, 2.45) is 0 Å². The number of halogens is 1. The van der Waals surface area contributed by atoms with Crippen molar-refractivity contribution < 1.29 is 9.53 Å². The fourth-order valence-corrected chi connectivity index (χ4v) is 3.60. The number of ether oxygens (including phenoxy) is 1. The van der Waals surface area contributed by atoms with Crippen LogP contribution in [0.25, 0.3) is 6.08 Å². The molecule has 0 heterocycles. The Hall–Kier alpha value is -3.11. The highest BCUT2D eigenvalue weighted by molar-refractivity contribution is 14.1. The minimum atomic E-state index is -0.429. The van der Waals surface area contributed by atoms with Crippen LogP contribution in [0.5, 0.6) is 5.75 Å². The Kier molecular flexibility index (Phi) is 7.26. The second-order valence-corrected chi connectivity index (χ2v) is 8.07. The van der Waals surface area contributed by atoms with Gasteiger partial charge in [-0.2, -0.15) is 5.26 Å². The number of benzene rings is 3. The van der Waals surface area contributed by atoms with E-state index in [0.717, 1.165) is 26.0 Å². The van der Waals surface area contributed by atoms with Crippen molar-refractivity contribution in [3.63, 3.8) is 0 Å². The summed E-state index contributed by atoms with van der Waals surface area (Å²) in [5, 5.41) is 12.3. The fraction of sp³-hybridized carbons (Fsp3) is 0.120. The van der Waals surface area contributed by atoms with E-state index in [9.17, 15) is 10.1 Å². The molecule has 0 aliphatic heterocycles. The Morgan fingerprint density at radius 2 is 1.90 bits per heavy atom. The van der Waals surface area contributed by atoms with Crippen molar-refractivity contribution in [3.05, 3.63) is 98.1 Å². The zero-order valence-corrected chi connectivity index (χ0v) is 18.9. The number of nitrogens with one attached hydrogen (secondary N) is 1. The van der Waals surface area contributed by atoms with Crippen molar-refractivity contribution in [2.45, 2.75) is 20.5 Å². The third-order valence-corrected chi connectivity index (χ3v) is 5.35. The Bertz CT molecular complexity index is 1150. The standard InChI is InChI=1S/C25H21IN2O2/c1-17-6-5-8-20(12-17)16-30-24-11-10-19(14-22(24)26)13-21(15-27)25(29)28-23-9-4-3-7-18(23)2/h3-14H,16H2,1-2H3,(H,28,29)/b21-13-. The third kappa shape index (κ3) is 5.71. The van der Waals surface area contributed by atoms with Gasteiger partial charge in [-0.15, -0.1) is 0 Å². The molecule has 4 nitrogen and oxygen atoms in total. The van der Waals surface area contributed by atoms with Gasteiger partial charge in [-0.05, 0) is 77.4 Å². The summed E-state index contributed by atoms with van der Waals surface area (Å²) in [7, 11) is 0. The number of rotatable bonds is 6. The molecule has 0 radical (unpaired) electrons. The van der Waals surface area contributed by atoms with Gasteiger partial charge in [-0.3, -0.25) is 4.79 Å². The van der Waals surface area contributed by atoms with Crippen molar-refractivity contribution in [2.75, 3.05) is 5.32 Å². The van der Waals surface area contributed by atoms with Crippen LogP contribution in [0.2, 0.25) is 0 Å². The van der Waals surface area contributed by atoms with Crippen LogP contribution < -0.4 is 10.1 Å². The molecule has 3 aromatic rings. The highest BCUT2D eigenvalue weighted by Crippen LogP contribution is 2.25. The average Bonchev–Trinajstić information content (AvgIpc) is 2.73. The number of hydrogen-bond donors (Lipinski definition) is 1. The summed E-state index contributed by atoms with van der Waals surface area (Å²) in [6.07, 6.45) is 1.58. The molecular formula is C25H21IN2O2. The number of aryl methyl sites for hydroxylation is 2. The first kappa shape index (κ1) is 21.6. The molecule has 0 aromatic heterocycles. The third-order valence-electron chi connectivity index (χ3n) is 4.50. The monoisotopic (exact) mass is 508 g/mol. The molecule has 5 heteroatoms. The summed E-state index contributed by atoms with van der Waals surface area (Å²) in [6, 6.07) is 23.2. The predicted molar refractivity (Wildman–Crippen MR) is 128 cm³/mol. The smallest absolute Gasteiger partial charge is 0.266 e. The molecule has 0 saturated carbocycles. The lowest BCUT2D eigenvalue weighted by molar-refractivity contribution is -0.112. The second kappa shape index (κ2) is 10.1. The van der Waals surface area contributed by atoms with Gasteiger partial charge in [0.2, 0.25) is 0 Å². The summed E-state index contributed by atoms with van der Waals surface area (Å²) < 4.78 is 6.84. The Morgan fingerprint density at radius 1 is 1.10 bits per heavy atom. The van der Waals surface area contributed by atoms with E-state index in [0.29, 0.717) is 12.3 Å². The first-order chi connectivity index (χ1) is 14.5. The van der Waals surface area contributed by atoms with Crippen LogP contribution in [0.3, 0.4) is 0 Å². The van der Waals surface area contributed by atoms with E-state index in [1.165, 1.54) is 5.56 Å². The molecule has 150 valence electrons. The summed E-state index contributed by atoms with van der Waals surface area (Å²) in [5.41, 5.74) is 4.74. The molecule has 0 aliphatic carbocycles. The number of hydrogen-bond acceptors (Lipinski definition) is 3. The van der Waals surface area contributed by atoms with Crippen LogP contribution >= 0.6 is 22.6 Å². The van der Waals surface area contributed by atoms with E-state index in [1.807, 2.05) is 67.6 Å². The Balaban J connectivity index is 1.72. The van der Waals surface area contributed by atoms with E-state index < -0.39 is 5.91 Å². The number of carbonyl (C=O) groups excluding carboxylic acids is 1. The number of carbonyl (C=O) groups is 1. The van der Waals surface area contributed by atoms with E-state index in [-0.39, 0.29) is 5.57 Å². The largest absolute Gasteiger partial charge is 0.488 e. The topological polar surface area (TPSA) is 62.1 Å². The SMILES string of the molecule is Cc1cccc(COc2ccc(/C=C(/C#N)C(=O)Nc3ccccc3C)cc2I)c1. The Morgan fingerprint density at radius 3 is 2.60 bits per heavy atom. The van der Waals surface area contributed by atoms with Gasteiger partial charge in [0, 0.05) is 5.69 Å². The highest BCUT2D eigenvalue weighted by Gasteiger charge is 2.11. The van der Waals surface area contributed by atoms with Crippen LogP contribution in [0, 0.1) is 28.7 Å². The molecule has 3 rings (SSSR count). The van der Waals surface area contributed by atoms with E-state index >= 15 is 0 Å². The van der Waals surface area contributed by atoms with Crippen molar-refractivity contribution in [1.29, 1.82) is 5.26 Å². The summed E-state index contributed by atoms with van der Waals surface area (Å²) >= 11 is 2.20. The summed E-state index contributed by atoms with van der Waals surface area (Å²) in [5.74, 6) is 0.332. The van der Waals surface area contributed by atoms with Crippen LogP contribution in [0.15, 0.2) is 72.3 Å². The van der Waals surface area contributed by atoms with Crippen LogP contribution in [0.4, 0.5) is 5.69 Å². The summed E-state index contributed by atoms with van der Waals surface area (Å²) in [4.78, 5) is 12.5. The van der Waals surface area contributed by atoms with Gasteiger partial charge >= 0.3 is 0 Å². The number of anilines is 1. The fourth-order valence-electron chi connectivity index (χ4n) is 2.90. The van der Waals surface area contributed by atoms with Crippen LogP contribution in [-0.2, 0) is 11.4 Å². The predicted octanol–water partition coefficient (Wildman–Crippen LogP) is 6.03. The zero-order valence-electron chi connectivity index (χ0n) is 16.8. The molecule has 0 saturated heterocycles. The number of para-hydroxylation sites is 1. The second-order valence-electron chi connectivity index (χ2n) is 6.91. The van der Waals surface area contributed by atoms with Crippen LogP contribution in [0.1, 0.15) is 22.3 Å². The number of nitrogens with zero attached hydrogens (tertiary/aromatic N) is 1. The summed E-state index contributed by atoms with van der Waals surface area (Å²) in [6.45, 7) is 4.44. The Labute approximate surface area is 190 Å². The maximum absolute atomic E-state index is 12.5. The molecular weight excluding hydrogens is 487 g/mol. The van der Waals surface area contributed by atoms with Gasteiger partial charge in [0.1, 0.15) is 24.0 Å². The lowest BCUT2D eigenvalue weighted by Gasteiger charge is -2.10. The normalized spacial score (nSPS) is 10.9. The lowest BCUT2D eigenvalue weighted by Crippen LogP contribution is -2.14. The maximum Gasteiger partial charge on any atom is 0.266 e. The molecule has 0 spiro atoms. The van der Waals surface area contributed by atoms with E-state index in [2.05, 4.69) is 47.0 Å². The van der Waals surface area contributed by atoms with E-state index in [1.54, 1.807) is 6.08 Å². The van der Waals surface area contributed by atoms with Gasteiger partial charge in [0.25, 0.3) is 5.91 Å². The van der Waals surface area contributed by atoms with Gasteiger partial charge < -0.3 is 10.1 Å². The average molecular weight is 508 g/mol. The minimum absolute atomic E-state index is 0.0440. The molecule has 1 amide bonds. The van der Waals surface area contributed by atoms with Gasteiger partial charge in [-0.1, -0.05) is 54.1 Å². The van der Waals surface area contributed by atoms with Crippen molar-refractivity contribution in [3.8, 4) is 11.8 Å². The molecule has 3 aromatic carbocycles. The molecule has 0 atom stereocenters. The van der Waals surface area contributed by atoms with Gasteiger partial charge in [-0.25, -0.2) is 0 Å². The van der Waals surface area contributed by atoms with Crippen molar-refractivity contribution >= 4 is 40.3 Å². The van der Waals surface area contributed by atoms with E-state index in [4.69, 9.17) is 4.74 Å². The number of amides is 1. The maximum atomic E-state index is 12.5. The lowest BCUT2D eigenvalue weighted by atomic mass is 10.1. The zero-order chi connectivity index (χ0) is 21.5. The molecule has 0 aliphatic rings. The molecule has 0 unspecified atom stereocenters. The van der Waals surface area contributed by atoms with Crippen molar-refractivity contribution in [1.82, 2.24) is 0 Å². The molecule has 30 heavy (non-hydrogen) atoms. The molecule has 0 fully saturated rings. The minimum Gasteiger partial charge on any atom is -0.488 e. The number of nitriles is 1. The molecule has 1 N–H and O–H groups in total. The first-order valence-corrected chi connectivity index (χ1v) is 10.5. The van der Waals surface area contributed by atoms with Gasteiger partial charge in [0.05, 0.1) is 3.57 Å². The first-order valence-electron chi connectivity index (χ1n) is 9.43. The van der Waals surface area contributed by atoms with Crippen LogP contribution in [-0.4, -0.2) is 5.91 Å². The molecule has 0 bridgehead atoms.